The van der Waals surface area contributed by atoms with Crippen LogP contribution in [0, 0.1) is 6.92 Å². The molecule has 0 fully saturated rings. The third kappa shape index (κ3) is 5.50. The molecule has 0 heterocycles. The molecular formula is C20H27N3O2. The molecule has 5 heteroatoms. The molecule has 25 heavy (non-hydrogen) atoms. The first-order valence-corrected chi connectivity index (χ1v) is 8.48. The van der Waals surface area contributed by atoms with Crippen molar-refractivity contribution in [2.45, 2.75) is 25.9 Å². The number of nitrogens with zero attached hydrogens (tertiary/aromatic N) is 1. The molecule has 2 amide bonds. The first kappa shape index (κ1) is 18.8. The van der Waals surface area contributed by atoms with Gasteiger partial charge in [-0.2, -0.15) is 0 Å². The molecule has 0 saturated carbocycles. The predicted molar refractivity (Wildman–Crippen MR) is 102 cm³/mol. The van der Waals surface area contributed by atoms with Crippen molar-refractivity contribution in [2.24, 2.45) is 0 Å². The van der Waals surface area contributed by atoms with E-state index in [1.165, 1.54) is 0 Å². The minimum absolute atomic E-state index is 0.0188. The van der Waals surface area contributed by atoms with Crippen LogP contribution in [-0.4, -0.2) is 31.8 Å². The molecule has 0 bridgehead atoms. The van der Waals surface area contributed by atoms with E-state index >= 15 is 0 Å². The molecule has 0 aliphatic rings. The number of aliphatic hydroxyl groups excluding tert-OH is 1. The number of carbonyl (C=O) groups is 1. The van der Waals surface area contributed by atoms with E-state index in [2.05, 4.69) is 21.6 Å². The maximum atomic E-state index is 12.2. The van der Waals surface area contributed by atoms with E-state index in [0.29, 0.717) is 13.0 Å². The van der Waals surface area contributed by atoms with Crippen LogP contribution in [0.1, 0.15) is 29.2 Å². The van der Waals surface area contributed by atoms with Gasteiger partial charge in [-0.05, 0) is 42.2 Å². The molecule has 2 aromatic carbocycles. The Balaban J connectivity index is 1.95. The fourth-order valence-electron chi connectivity index (χ4n) is 2.68. The van der Waals surface area contributed by atoms with Gasteiger partial charge >= 0.3 is 6.03 Å². The van der Waals surface area contributed by atoms with Gasteiger partial charge in [0, 0.05) is 32.9 Å². The lowest BCUT2D eigenvalue weighted by Crippen LogP contribution is -2.38. The number of amides is 2. The number of carbonyl (C=O) groups excluding carboxylic acids is 1. The maximum Gasteiger partial charge on any atom is 0.315 e. The van der Waals surface area contributed by atoms with Gasteiger partial charge in [0.15, 0.2) is 0 Å². The van der Waals surface area contributed by atoms with E-state index in [1.54, 1.807) is 0 Å². The first-order valence-electron chi connectivity index (χ1n) is 8.48. The number of benzene rings is 2. The highest BCUT2D eigenvalue weighted by atomic mass is 16.3. The smallest absolute Gasteiger partial charge is 0.315 e. The van der Waals surface area contributed by atoms with E-state index in [9.17, 15) is 9.90 Å². The van der Waals surface area contributed by atoms with Gasteiger partial charge in [0.2, 0.25) is 0 Å². The Morgan fingerprint density at radius 3 is 2.48 bits per heavy atom. The van der Waals surface area contributed by atoms with E-state index < -0.39 is 0 Å². The van der Waals surface area contributed by atoms with Gasteiger partial charge in [-0.3, -0.25) is 0 Å². The number of rotatable bonds is 7. The molecule has 2 aromatic rings. The molecule has 0 radical (unpaired) electrons. The van der Waals surface area contributed by atoms with Crippen molar-refractivity contribution in [1.29, 1.82) is 0 Å². The second-order valence-electron chi connectivity index (χ2n) is 6.31. The molecule has 5 nitrogen and oxygen atoms in total. The lowest BCUT2D eigenvalue weighted by atomic mass is 10.0. The largest absolute Gasteiger partial charge is 0.396 e. The maximum absolute atomic E-state index is 12.2. The van der Waals surface area contributed by atoms with Crippen molar-refractivity contribution in [3.05, 3.63) is 65.2 Å². The van der Waals surface area contributed by atoms with Gasteiger partial charge < -0.3 is 20.6 Å². The van der Waals surface area contributed by atoms with Crippen LogP contribution in [0.15, 0.2) is 48.5 Å². The summed E-state index contributed by atoms with van der Waals surface area (Å²) in [5, 5.41) is 15.1. The summed E-state index contributed by atoms with van der Waals surface area (Å²) >= 11 is 0. The molecule has 0 unspecified atom stereocenters. The molecule has 0 spiro atoms. The Hall–Kier alpha value is -2.53. The van der Waals surface area contributed by atoms with Crippen LogP contribution in [-0.2, 0) is 6.54 Å². The van der Waals surface area contributed by atoms with Crippen LogP contribution >= 0.6 is 0 Å². The van der Waals surface area contributed by atoms with E-state index in [1.807, 2.05) is 63.5 Å². The standard InChI is InChI=1S/C20H27N3O2/c1-15-13-18(23(2)3)10-9-17(15)14-21-20(25)22-19(11-12-24)16-7-5-4-6-8-16/h4-10,13,19,24H,11-12,14H2,1-3H3,(H2,21,22,25)/t19-/m1/s1. The quantitative estimate of drug-likeness (QED) is 0.725. The molecular weight excluding hydrogens is 314 g/mol. The van der Waals surface area contributed by atoms with Gasteiger partial charge in [0.05, 0.1) is 6.04 Å². The minimum atomic E-state index is -0.238. The lowest BCUT2D eigenvalue weighted by Gasteiger charge is -2.19. The summed E-state index contributed by atoms with van der Waals surface area (Å²) in [6, 6.07) is 15.4. The lowest BCUT2D eigenvalue weighted by molar-refractivity contribution is 0.229. The van der Waals surface area contributed by atoms with Crippen LogP contribution in [0.25, 0.3) is 0 Å². The van der Waals surface area contributed by atoms with Gasteiger partial charge in [0.1, 0.15) is 0 Å². The number of hydrogen-bond donors (Lipinski definition) is 3. The summed E-state index contributed by atoms with van der Waals surface area (Å²) in [7, 11) is 4.01. The van der Waals surface area contributed by atoms with Crippen LogP contribution in [0.5, 0.6) is 0 Å². The third-order valence-electron chi connectivity index (χ3n) is 4.21. The molecule has 0 aliphatic heterocycles. The highest BCUT2D eigenvalue weighted by molar-refractivity contribution is 5.74. The van der Waals surface area contributed by atoms with E-state index in [4.69, 9.17) is 0 Å². The van der Waals surface area contributed by atoms with Crippen LogP contribution in [0.2, 0.25) is 0 Å². The summed E-state index contributed by atoms with van der Waals surface area (Å²) in [5.41, 5.74) is 4.34. The van der Waals surface area contributed by atoms with E-state index in [0.717, 1.165) is 22.4 Å². The Kier molecular flexibility index (Phi) is 6.83. The second kappa shape index (κ2) is 9.08. The van der Waals surface area contributed by atoms with Gasteiger partial charge in [0.25, 0.3) is 0 Å². The summed E-state index contributed by atoms with van der Waals surface area (Å²) < 4.78 is 0. The first-order chi connectivity index (χ1) is 12.0. The molecule has 0 aliphatic carbocycles. The third-order valence-corrected chi connectivity index (χ3v) is 4.21. The SMILES string of the molecule is Cc1cc(N(C)C)ccc1CNC(=O)N[C@H](CCO)c1ccccc1. The van der Waals surface area contributed by atoms with Crippen molar-refractivity contribution in [3.8, 4) is 0 Å². The molecule has 1 atom stereocenters. The Morgan fingerprint density at radius 2 is 1.88 bits per heavy atom. The zero-order valence-corrected chi connectivity index (χ0v) is 15.1. The highest BCUT2D eigenvalue weighted by Gasteiger charge is 2.14. The second-order valence-corrected chi connectivity index (χ2v) is 6.31. The summed E-state index contributed by atoms with van der Waals surface area (Å²) in [6.45, 7) is 2.53. The molecule has 0 saturated heterocycles. The van der Waals surface area contributed by atoms with Crippen molar-refractivity contribution in [2.75, 3.05) is 25.6 Å². The number of anilines is 1. The molecule has 0 aromatic heterocycles. The summed E-state index contributed by atoms with van der Waals surface area (Å²) in [4.78, 5) is 14.3. The van der Waals surface area contributed by atoms with Crippen molar-refractivity contribution >= 4 is 11.7 Å². The highest BCUT2D eigenvalue weighted by Crippen LogP contribution is 2.18. The number of aryl methyl sites for hydroxylation is 1. The average Bonchev–Trinajstić information content (AvgIpc) is 2.61. The Morgan fingerprint density at radius 1 is 1.16 bits per heavy atom. The van der Waals surface area contributed by atoms with Crippen LogP contribution in [0.4, 0.5) is 10.5 Å². The predicted octanol–water partition coefficient (Wildman–Crippen LogP) is 2.98. The number of aliphatic hydroxyl groups is 1. The van der Waals surface area contributed by atoms with Gasteiger partial charge in [-0.25, -0.2) is 4.79 Å². The van der Waals surface area contributed by atoms with E-state index in [-0.39, 0.29) is 18.7 Å². The summed E-state index contributed by atoms with van der Waals surface area (Å²) in [5.74, 6) is 0. The summed E-state index contributed by atoms with van der Waals surface area (Å²) in [6.07, 6.45) is 0.480. The van der Waals surface area contributed by atoms with Gasteiger partial charge in [-0.1, -0.05) is 36.4 Å². The van der Waals surface area contributed by atoms with Crippen molar-refractivity contribution < 1.29 is 9.90 Å². The molecule has 3 N–H and O–H groups in total. The Bertz CT molecular complexity index is 687. The minimum Gasteiger partial charge on any atom is -0.396 e. The molecule has 134 valence electrons. The molecule has 2 rings (SSSR count). The van der Waals surface area contributed by atoms with Gasteiger partial charge in [-0.15, -0.1) is 0 Å². The van der Waals surface area contributed by atoms with Crippen molar-refractivity contribution in [1.82, 2.24) is 10.6 Å². The topological polar surface area (TPSA) is 64.6 Å². The Labute approximate surface area is 149 Å². The average molecular weight is 341 g/mol. The number of nitrogens with one attached hydrogen (secondary N) is 2. The fraction of sp³-hybridized carbons (Fsp3) is 0.350. The zero-order valence-electron chi connectivity index (χ0n) is 15.1. The number of hydrogen-bond acceptors (Lipinski definition) is 3. The fourth-order valence-corrected chi connectivity index (χ4v) is 2.68. The zero-order chi connectivity index (χ0) is 18.2. The number of urea groups is 1. The van der Waals surface area contributed by atoms with Crippen LogP contribution in [0.3, 0.4) is 0 Å². The van der Waals surface area contributed by atoms with Crippen LogP contribution < -0.4 is 15.5 Å². The van der Waals surface area contributed by atoms with Crippen molar-refractivity contribution in [3.63, 3.8) is 0 Å². The normalized spacial score (nSPS) is 11.7. The monoisotopic (exact) mass is 341 g/mol.